The van der Waals surface area contributed by atoms with E-state index in [0.29, 0.717) is 5.82 Å². The molecule has 3 aromatic heterocycles. The third-order valence-corrected chi connectivity index (χ3v) is 3.89. The first-order chi connectivity index (χ1) is 12.3. The number of hydrogen-bond donors (Lipinski definition) is 0. The molecule has 120 valence electrons. The van der Waals surface area contributed by atoms with E-state index < -0.39 is 0 Å². The number of aryl methyl sites for hydroxylation is 1. The van der Waals surface area contributed by atoms with Gasteiger partial charge in [0, 0.05) is 18.0 Å². The Morgan fingerprint density at radius 3 is 1.64 bits per heavy atom. The predicted octanol–water partition coefficient (Wildman–Crippen LogP) is 4.58. The van der Waals surface area contributed by atoms with Crippen molar-refractivity contribution < 1.29 is 0 Å². The lowest BCUT2D eigenvalue weighted by Crippen LogP contribution is -1.97. The van der Waals surface area contributed by atoms with Crippen molar-refractivity contribution in [2.24, 2.45) is 0 Å². The van der Waals surface area contributed by atoms with Crippen LogP contribution in [-0.4, -0.2) is 19.9 Å². The van der Waals surface area contributed by atoms with E-state index in [4.69, 9.17) is 9.97 Å². The molecule has 0 aliphatic heterocycles. The van der Waals surface area contributed by atoms with Crippen LogP contribution in [0.2, 0.25) is 0 Å². The molecule has 3 heterocycles. The van der Waals surface area contributed by atoms with E-state index in [1.165, 1.54) is 5.56 Å². The zero-order valence-electron chi connectivity index (χ0n) is 13.8. The van der Waals surface area contributed by atoms with Gasteiger partial charge in [0.25, 0.3) is 0 Å². The van der Waals surface area contributed by atoms with Crippen LogP contribution < -0.4 is 0 Å². The molecule has 25 heavy (non-hydrogen) atoms. The molecule has 1 aromatic carbocycles. The Bertz CT molecular complexity index is 924. The second-order valence-electron chi connectivity index (χ2n) is 5.76. The Labute approximate surface area is 146 Å². The molecule has 0 bridgehead atoms. The summed E-state index contributed by atoms with van der Waals surface area (Å²) in [7, 11) is 0. The van der Waals surface area contributed by atoms with Crippen molar-refractivity contribution in [3.63, 3.8) is 0 Å². The van der Waals surface area contributed by atoms with Crippen LogP contribution in [-0.2, 0) is 0 Å². The maximum absolute atomic E-state index is 4.73. The van der Waals surface area contributed by atoms with Gasteiger partial charge in [-0.2, -0.15) is 0 Å². The molecule has 0 spiro atoms. The van der Waals surface area contributed by atoms with Crippen LogP contribution >= 0.6 is 0 Å². The van der Waals surface area contributed by atoms with Gasteiger partial charge in [0.15, 0.2) is 5.82 Å². The molecule has 0 amide bonds. The molecule has 0 N–H and O–H groups in total. The van der Waals surface area contributed by atoms with Crippen molar-refractivity contribution in [2.75, 3.05) is 0 Å². The summed E-state index contributed by atoms with van der Waals surface area (Å²) in [5.74, 6) is 0.670. The smallest absolute Gasteiger partial charge is 0.160 e. The Hall–Kier alpha value is -3.40. The largest absolute Gasteiger partial charge is 0.255 e. The topological polar surface area (TPSA) is 51.6 Å². The summed E-state index contributed by atoms with van der Waals surface area (Å²) in [6.45, 7) is 2.06. The Balaban J connectivity index is 1.90. The molecule has 0 aliphatic rings. The summed E-state index contributed by atoms with van der Waals surface area (Å²) in [5, 5.41) is 0. The number of rotatable bonds is 3. The molecule has 4 nitrogen and oxygen atoms in total. The summed E-state index contributed by atoms with van der Waals surface area (Å²) in [5.41, 5.74) is 5.37. The minimum atomic E-state index is 0.670. The third-order valence-electron chi connectivity index (χ3n) is 3.89. The highest BCUT2D eigenvalue weighted by Gasteiger charge is 2.11. The molecule has 0 unspecified atom stereocenters. The van der Waals surface area contributed by atoms with E-state index in [-0.39, 0.29) is 0 Å². The molecule has 4 heteroatoms. The van der Waals surface area contributed by atoms with Crippen molar-refractivity contribution in [3.8, 4) is 34.2 Å². The van der Waals surface area contributed by atoms with Gasteiger partial charge in [-0.3, -0.25) is 9.97 Å². The van der Waals surface area contributed by atoms with Crippen LogP contribution in [0.15, 0.2) is 79.1 Å². The highest BCUT2D eigenvalue weighted by atomic mass is 14.9. The van der Waals surface area contributed by atoms with Crippen molar-refractivity contribution >= 4 is 0 Å². The van der Waals surface area contributed by atoms with Gasteiger partial charge in [-0.1, -0.05) is 42.0 Å². The van der Waals surface area contributed by atoms with Crippen LogP contribution in [0.3, 0.4) is 0 Å². The van der Waals surface area contributed by atoms with Crippen LogP contribution in [0.25, 0.3) is 34.2 Å². The monoisotopic (exact) mass is 324 g/mol. The summed E-state index contributed by atoms with van der Waals surface area (Å²) < 4.78 is 0. The highest BCUT2D eigenvalue weighted by Crippen LogP contribution is 2.25. The zero-order chi connectivity index (χ0) is 17.1. The fourth-order valence-corrected chi connectivity index (χ4v) is 2.57. The van der Waals surface area contributed by atoms with Gasteiger partial charge in [-0.05, 0) is 37.3 Å². The second kappa shape index (κ2) is 6.61. The second-order valence-corrected chi connectivity index (χ2v) is 5.76. The predicted molar refractivity (Wildman–Crippen MR) is 98.7 cm³/mol. The van der Waals surface area contributed by atoms with Gasteiger partial charge < -0.3 is 0 Å². The first kappa shape index (κ1) is 15.1. The Morgan fingerprint density at radius 1 is 0.600 bits per heavy atom. The van der Waals surface area contributed by atoms with Crippen molar-refractivity contribution in [1.29, 1.82) is 0 Å². The van der Waals surface area contributed by atoms with E-state index in [9.17, 15) is 0 Å². The van der Waals surface area contributed by atoms with Crippen molar-refractivity contribution in [1.82, 2.24) is 19.9 Å². The molecule has 0 saturated heterocycles. The lowest BCUT2D eigenvalue weighted by Gasteiger charge is -2.08. The average Bonchev–Trinajstić information content (AvgIpc) is 2.69. The van der Waals surface area contributed by atoms with Gasteiger partial charge in [-0.25, -0.2) is 9.97 Å². The molecule has 0 aliphatic carbocycles. The fourth-order valence-electron chi connectivity index (χ4n) is 2.57. The molecule has 4 aromatic rings. The van der Waals surface area contributed by atoms with Crippen LogP contribution in [0.4, 0.5) is 0 Å². The molecular weight excluding hydrogens is 308 g/mol. The molecule has 0 atom stereocenters. The van der Waals surface area contributed by atoms with Crippen molar-refractivity contribution in [2.45, 2.75) is 6.92 Å². The van der Waals surface area contributed by atoms with E-state index in [1.54, 1.807) is 12.4 Å². The van der Waals surface area contributed by atoms with Crippen LogP contribution in [0.1, 0.15) is 5.56 Å². The average molecular weight is 324 g/mol. The molecule has 0 radical (unpaired) electrons. The number of pyridine rings is 2. The van der Waals surface area contributed by atoms with Crippen molar-refractivity contribution in [3.05, 3.63) is 84.7 Å². The number of benzene rings is 1. The van der Waals surface area contributed by atoms with E-state index in [0.717, 1.165) is 28.3 Å². The van der Waals surface area contributed by atoms with Gasteiger partial charge in [-0.15, -0.1) is 0 Å². The maximum Gasteiger partial charge on any atom is 0.160 e. The lowest BCUT2D eigenvalue weighted by molar-refractivity contribution is 1.15. The fraction of sp³-hybridized carbons (Fsp3) is 0.0476. The quantitative estimate of drug-likeness (QED) is 0.553. The Kier molecular flexibility index (Phi) is 4.01. The summed E-state index contributed by atoms with van der Waals surface area (Å²) in [4.78, 5) is 18.3. The minimum absolute atomic E-state index is 0.670. The minimum Gasteiger partial charge on any atom is -0.255 e. The number of aromatic nitrogens is 4. The van der Waals surface area contributed by atoms with Gasteiger partial charge in [0.05, 0.1) is 22.8 Å². The van der Waals surface area contributed by atoms with Gasteiger partial charge in [0.1, 0.15) is 0 Å². The standard InChI is InChI=1S/C21H16N4/c1-15-8-10-16(11-9-15)21-24-19(17-6-2-4-12-22-17)14-20(25-21)18-7-3-5-13-23-18/h2-14H,1H3. The molecule has 0 saturated carbocycles. The van der Waals surface area contributed by atoms with E-state index in [1.807, 2.05) is 54.6 Å². The first-order valence-electron chi connectivity index (χ1n) is 8.08. The molecule has 4 rings (SSSR count). The summed E-state index contributed by atoms with van der Waals surface area (Å²) >= 11 is 0. The van der Waals surface area contributed by atoms with Gasteiger partial charge >= 0.3 is 0 Å². The van der Waals surface area contributed by atoms with E-state index >= 15 is 0 Å². The SMILES string of the molecule is Cc1ccc(-c2nc(-c3ccccn3)cc(-c3ccccn3)n2)cc1. The van der Waals surface area contributed by atoms with Crippen LogP contribution in [0.5, 0.6) is 0 Å². The summed E-state index contributed by atoms with van der Waals surface area (Å²) in [6, 6.07) is 21.7. The lowest BCUT2D eigenvalue weighted by atomic mass is 10.1. The van der Waals surface area contributed by atoms with Gasteiger partial charge in [0.2, 0.25) is 0 Å². The van der Waals surface area contributed by atoms with E-state index in [2.05, 4.69) is 29.0 Å². The summed E-state index contributed by atoms with van der Waals surface area (Å²) in [6.07, 6.45) is 3.53. The number of nitrogens with zero attached hydrogens (tertiary/aromatic N) is 4. The highest BCUT2D eigenvalue weighted by molar-refractivity contribution is 5.68. The normalized spacial score (nSPS) is 10.6. The molecular formula is C21H16N4. The number of hydrogen-bond acceptors (Lipinski definition) is 4. The third kappa shape index (κ3) is 3.28. The first-order valence-corrected chi connectivity index (χ1v) is 8.08. The zero-order valence-corrected chi connectivity index (χ0v) is 13.8. The maximum atomic E-state index is 4.73. The molecule has 0 fully saturated rings. The Morgan fingerprint density at radius 2 is 1.16 bits per heavy atom. The van der Waals surface area contributed by atoms with Crippen LogP contribution in [0, 0.1) is 6.92 Å².